The van der Waals surface area contributed by atoms with E-state index >= 15 is 0 Å². The Morgan fingerprint density at radius 3 is 2.26 bits per heavy atom. The van der Waals surface area contributed by atoms with Crippen LogP contribution in [0.2, 0.25) is 18.1 Å². The van der Waals surface area contributed by atoms with Crippen LogP contribution < -0.4 is 0 Å². The zero-order valence-electron chi connectivity index (χ0n) is 12.9. The van der Waals surface area contributed by atoms with Gasteiger partial charge in [-0.2, -0.15) is 0 Å². The Kier molecular flexibility index (Phi) is 5.57. The Morgan fingerprint density at radius 1 is 1.21 bits per heavy atom. The van der Waals surface area contributed by atoms with Crippen LogP contribution in [0.5, 0.6) is 0 Å². The second-order valence-corrected chi connectivity index (χ2v) is 11.2. The molecule has 0 amide bonds. The van der Waals surface area contributed by atoms with Gasteiger partial charge in [0.15, 0.2) is 8.32 Å². The van der Waals surface area contributed by atoms with Gasteiger partial charge in [0.1, 0.15) is 0 Å². The Labute approximate surface area is 119 Å². The molecule has 0 aliphatic carbocycles. The van der Waals surface area contributed by atoms with Gasteiger partial charge in [0.05, 0.1) is 6.10 Å². The average molecular weight is 275 g/mol. The minimum absolute atomic E-state index is 0.112. The van der Waals surface area contributed by atoms with Crippen molar-refractivity contribution < 1.29 is 4.43 Å². The molecule has 0 aromatic heterocycles. The summed E-state index contributed by atoms with van der Waals surface area (Å²) in [6.07, 6.45) is 5.16. The van der Waals surface area contributed by atoms with Crippen molar-refractivity contribution in [1.82, 2.24) is 0 Å². The van der Waals surface area contributed by atoms with Crippen LogP contribution in [0.3, 0.4) is 0 Å². The summed E-state index contributed by atoms with van der Waals surface area (Å²) in [5, 5.41) is 0.237. The standard InChI is InChI=1S/C17H27OSi/c1-7-16(18-19(5,6)17(2,3)4)14-13-15-11-9-8-10-12-15/h8-14,16H,1,7H2,2-6H3. The minimum atomic E-state index is -1.72. The number of hydrogen-bond acceptors (Lipinski definition) is 1. The molecule has 1 atom stereocenters. The molecule has 0 aliphatic heterocycles. The summed E-state index contributed by atoms with van der Waals surface area (Å²) < 4.78 is 6.36. The molecule has 1 aromatic rings. The summed E-state index contributed by atoms with van der Waals surface area (Å²) in [4.78, 5) is 0. The fourth-order valence-electron chi connectivity index (χ4n) is 1.53. The van der Waals surface area contributed by atoms with Gasteiger partial charge in [-0.3, -0.25) is 0 Å². The van der Waals surface area contributed by atoms with Gasteiger partial charge in [-0.25, -0.2) is 0 Å². The van der Waals surface area contributed by atoms with Crippen LogP contribution in [0.25, 0.3) is 6.08 Å². The zero-order valence-corrected chi connectivity index (χ0v) is 13.9. The summed E-state index contributed by atoms with van der Waals surface area (Å²) >= 11 is 0. The first-order valence-electron chi connectivity index (χ1n) is 6.96. The van der Waals surface area contributed by atoms with E-state index in [1.807, 2.05) is 18.2 Å². The van der Waals surface area contributed by atoms with Gasteiger partial charge in [0.2, 0.25) is 0 Å². The van der Waals surface area contributed by atoms with Crippen molar-refractivity contribution in [1.29, 1.82) is 0 Å². The highest BCUT2D eigenvalue weighted by Gasteiger charge is 2.38. The van der Waals surface area contributed by atoms with Crippen molar-refractivity contribution in [2.24, 2.45) is 0 Å². The Balaban J connectivity index is 2.72. The van der Waals surface area contributed by atoms with Gasteiger partial charge < -0.3 is 4.43 Å². The highest BCUT2D eigenvalue weighted by atomic mass is 28.4. The topological polar surface area (TPSA) is 9.23 Å². The van der Waals surface area contributed by atoms with Crippen molar-refractivity contribution in [2.45, 2.75) is 51.4 Å². The van der Waals surface area contributed by atoms with Gasteiger partial charge in [-0.15, -0.1) is 0 Å². The van der Waals surface area contributed by atoms with E-state index in [0.717, 1.165) is 6.42 Å². The highest BCUT2D eigenvalue weighted by molar-refractivity contribution is 6.74. The maximum Gasteiger partial charge on any atom is 0.192 e. The van der Waals surface area contributed by atoms with Gasteiger partial charge in [0.25, 0.3) is 0 Å². The van der Waals surface area contributed by atoms with E-state index in [9.17, 15) is 0 Å². The molecule has 1 aromatic carbocycles. The summed E-state index contributed by atoms with van der Waals surface area (Å²) in [5.41, 5.74) is 1.21. The van der Waals surface area contributed by atoms with E-state index in [1.165, 1.54) is 5.56 Å². The predicted octanol–water partition coefficient (Wildman–Crippen LogP) is 5.31. The Bertz CT molecular complexity index is 401. The molecule has 0 saturated heterocycles. The van der Waals surface area contributed by atoms with E-state index in [-0.39, 0.29) is 11.1 Å². The molecule has 0 aliphatic rings. The molecule has 1 unspecified atom stereocenters. The molecule has 1 nitrogen and oxygen atoms in total. The van der Waals surface area contributed by atoms with E-state index in [1.54, 1.807) is 0 Å². The third-order valence-corrected chi connectivity index (χ3v) is 8.34. The van der Waals surface area contributed by atoms with Crippen molar-refractivity contribution in [2.75, 3.05) is 0 Å². The van der Waals surface area contributed by atoms with Crippen LogP contribution in [0.1, 0.15) is 32.8 Å². The molecular formula is C17H27OSi. The summed E-state index contributed by atoms with van der Waals surface area (Å²) in [6, 6.07) is 10.3. The lowest BCUT2D eigenvalue weighted by Gasteiger charge is -2.38. The van der Waals surface area contributed by atoms with Gasteiger partial charge >= 0.3 is 0 Å². The second kappa shape index (κ2) is 6.53. The lowest BCUT2D eigenvalue weighted by Crippen LogP contribution is -2.43. The molecule has 2 heteroatoms. The van der Waals surface area contributed by atoms with Crippen LogP contribution in [0.4, 0.5) is 0 Å². The fraction of sp³-hybridized carbons (Fsp3) is 0.471. The summed E-state index contributed by atoms with van der Waals surface area (Å²) in [5.74, 6) is 0. The van der Waals surface area contributed by atoms with E-state index in [4.69, 9.17) is 4.43 Å². The maximum atomic E-state index is 6.36. The lowest BCUT2D eigenvalue weighted by atomic mass is 10.2. The van der Waals surface area contributed by atoms with Crippen LogP contribution in [0, 0.1) is 6.92 Å². The van der Waals surface area contributed by atoms with Crippen molar-refractivity contribution in [3.05, 3.63) is 48.9 Å². The van der Waals surface area contributed by atoms with E-state index < -0.39 is 8.32 Å². The zero-order chi connectivity index (χ0) is 14.5. The first kappa shape index (κ1) is 16.2. The Morgan fingerprint density at radius 2 is 1.79 bits per heavy atom. The molecule has 0 spiro atoms. The predicted molar refractivity (Wildman–Crippen MR) is 87.5 cm³/mol. The molecular weight excluding hydrogens is 248 g/mol. The second-order valence-electron chi connectivity index (χ2n) is 6.48. The molecule has 0 heterocycles. The van der Waals surface area contributed by atoms with Gasteiger partial charge in [-0.1, -0.05) is 70.2 Å². The average Bonchev–Trinajstić information content (AvgIpc) is 2.34. The molecule has 0 bridgehead atoms. The quantitative estimate of drug-likeness (QED) is 0.661. The first-order chi connectivity index (χ1) is 8.76. The van der Waals surface area contributed by atoms with Crippen molar-refractivity contribution in [3.8, 4) is 0 Å². The maximum absolute atomic E-state index is 6.36. The summed E-state index contributed by atoms with van der Waals surface area (Å²) in [7, 11) is -1.72. The largest absolute Gasteiger partial charge is 0.411 e. The van der Waals surface area contributed by atoms with Crippen LogP contribution in [0.15, 0.2) is 36.4 Å². The fourth-order valence-corrected chi connectivity index (χ4v) is 2.84. The smallest absolute Gasteiger partial charge is 0.192 e. The van der Waals surface area contributed by atoms with Crippen molar-refractivity contribution >= 4 is 14.4 Å². The monoisotopic (exact) mass is 275 g/mol. The van der Waals surface area contributed by atoms with Gasteiger partial charge in [0, 0.05) is 0 Å². The molecule has 0 N–H and O–H groups in total. The van der Waals surface area contributed by atoms with Crippen LogP contribution >= 0.6 is 0 Å². The van der Waals surface area contributed by atoms with E-state index in [2.05, 4.69) is 65.1 Å². The molecule has 1 rings (SSSR count). The molecule has 1 radical (unpaired) electrons. The Hall–Kier alpha value is -0.863. The first-order valence-corrected chi connectivity index (χ1v) is 9.87. The molecule has 0 fully saturated rings. The van der Waals surface area contributed by atoms with Crippen LogP contribution in [-0.4, -0.2) is 14.4 Å². The third kappa shape index (κ3) is 4.96. The van der Waals surface area contributed by atoms with Crippen molar-refractivity contribution in [3.63, 3.8) is 0 Å². The minimum Gasteiger partial charge on any atom is -0.411 e. The molecule has 105 valence electrons. The lowest BCUT2D eigenvalue weighted by molar-refractivity contribution is 0.228. The normalized spacial score (nSPS) is 14.8. The van der Waals surface area contributed by atoms with Gasteiger partial charge in [-0.05, 0) is 30.1 Å². The number of hydrogen-bond donors (Lipinski definition) is 0. The summed E-state index contributed by atoms with van der Waals surface area (Å²) in [6.45, 7) is 15.4. The molecule has 0 saturated carbocycles. The number of benzene rings is 1. The van der Waals surface area contributed by atoms with E-state index in [0.29, 0.717) is 0 Å². The van der Waals surface area contributed by atoms with Crippen LogP contribution in [-0.2, 0) is 4.43 Å². The number of rotatable bonds is 5. The highest BCUT2D eigenvalue weighted by Crippen LogP contribution is 2.37. The SMILES string of the molecule is [CH2]CC(C=Cc1ccccc1)O[Si](C)(C)C(C)(C)C. The molecule has 19 heavy (non-hydrogen) atoms. The third-order valence-electron chi connectivity index (χ3n) is 3.84.